The number of halogens is 1. The van der Waals surface area contributed by atoms with Crippen molar-refractivity contribution in [1.82, 2.24) is 29.2 Å². The number of hydrogen-bond acceptors (Lipinski definition) is 7. The standard InChI is InChI=1S/C32H35FN6O5/c1-21-36-39(31(42)37(21)2)26-18-24(33)10-9-23(26)19-34-28(40)27-25(11-8-22-6-4-3-5-7-22)29(41)38-14-17-44-20-32(30(38)35-27)12-15-43-16-13-32/h3-7,9-10,18H,8,11-17,19-20H2,1-2H3,(H,34,40). The summed E-state index contributed by atoms with van der Waals surface area (Å²) >= 11 is 0. The van der Waals surface area contributed by atoms with Gasteiger partial charge in [0, 0.05) is 38.4 Å². The summed E-state index contributed by atoms with van der Waals surface area (Å²) in [5.41, 5.74) is 0.911. The molecule has 44 heavy (non-hydrogen) atoms. The molecule has 0 bridgehead atoms. The molecule has 1 fully saturated rings. The fourth-order valence-electron chi connectivity index (χ4n) is 5.99. The van der Waals surface area contributed by atoms with Crippen LogP contribution in [0.1, 0.15) is 51.7 Å². The second-order valence-corrected chi connectivity index (χ2v) is 11.4. The molecule has 1 N–H and O–H groups in total. The van der Waals surface area contributed by atoms with Gasteiger partial charge in [0.2, 0.25) is 0 Å². The molecular weight excluding hydrogens is 567 g/mol. The van der Waals surface area contributed by atoms with Crippen LogP contribution in [0.4, 0.5) is 4.39 Å². The lowest BCUT2D eigenvalue weighted by Crippen LogP contribution is -2.44. The maximum absolute atomic E-state index is 14.3. The number of rotatable bonds is 7. The van der Waals surface area contributed by atoms with Crippen LogP contribution in [-0.2, 0) is 47.9 Å². The summed E-state index contributed by atoms with van der Waals surface area (Å²) in [6.45, 7) is 3.77. The zero-order valence-corrected chi connectivity index (χ0v) is 24.8. The third-order valence-electron chi connectivity index (χ3n) is 8.66. The number of aryl methyl sites for hydroxylation is 2. The number of benzene rings is 2. The molecule has 0 unspecified atom stereocenters. The van der Waals surface area contributed by atoms with Crippen molar-refractivity contribution in [1.29, 1.82) is 0 Å². The molecule has 1 amide bonds. The number of nitrogens with one attached hydrogen (secondary N) is 1. The Labute approximate surface area is 253 Å². The lowest BCUT2D eigenvalue weighted by Gasteiger charge is -2.36. The summed E-state index contributed by atoms with van der Waals surface area (Å²) in [4.78, 5) is 45.8. The van der Waals surface area contributed by atoms with Crippen molar-refractivity contribution in [3.05, 3.63) is 109 Å². The summed E-state index contributed by atoms with van der Waals surface area (Å²) in [5, 5.41) is 7.15. The Hall–Kier alpha value is -4.42. The molecule has 230 valence electrons. The van der Waals surface area contributed by atoms with Crippen LogP contribution >= 0.6 is 0 Å². The second kappa shape index (κ2) is 12.3. The zero-order valence-electron chi connectivity index (χ0n) is 24.8. The van der Waals surface area contributed by atoms with Gasteiger partial charge < -0.3 is 14.8 Å². The summed E-state index contributed by atoms with van der Waals surface area (Å²) in [6, 6.07) is 13.7. The SMILES string of the molecule is Cc1nn(-c2cc(F)ccc2CNC(=O)c2nc3n(c(=O)c2CCc2ccccc2)CCOCC32CCOCC2)c(=O)n1C. The Morgan fingerprint density at radius 1 is 1.05 bits per heavy atom. The normalized spacial score (nSPS) is 16.0. The molecule has 2 aliphatic rings. The lowest BCUT2D eigenvalue weighted by atomic mass is 9.79. The molecule has 6 rings (SSSR count). The summed E-state index contributed by atoms with van der Waals surface area (Å²) in [5.74, 6) is -0.0634. The van der Waals surface area contributed by atoms with Gasteiger partial charge in [-0.25, -0.2) is 14.2 Å². The molecular formula is C32H35FN6O5. The van der Waals surface area contributed by atoms with Gasteiger partial charge in [0.15, 0.2) is 0 Å². The number of fused-ring (bicyclic) bond motifs is 2. The molecule has 1 saturated heterocycles. The number of aromatic nitrogens is 5. The average molecular weight is 603 g/mol. The van der Waals surface area contributed by atoms with Gasteiger partial charge in [-0.2, -0.15) is 9.78 Å². The van der Waals surface area contributed by atoms with Crippen molar-refractivity contribution >= 4 is 5.91 Å². The first-order valence-corrected chi connectivity index (χ1v) is 14.8. The highest BCUT2D eigenvalue weighted by molar-refractivity contribution is 5.93. The molecule has 2 aromatic heterocycles. The van der Waals surface area contributed by atoms with Crippen molar-refractivity contribution in [2.45, 2.75) is 51.1 Å². The molecule has 0 atom stereocenters. The maximum Gasteiger partial charge on any atom is 0.350 e. The van der Waals surface area contributed by atoms with Crippen molar-refractivity contribution < 1.29 is 18.7 Å². The number of amides is 1. The van der Waals surface area contributed by atoms with Gasteiger partial charge >= 0.3 is 5.69 Å². The van der Waals surface area contributed by atoms with Crippen LogP contribution in [0.5, 0.6) is 0 Å². The Bertz CT molecular complexity index is 1810. The van der Waals surface area contributed by atoms with Gasteiger partial charge in [-0.1, -0.05) is 36.4 Å². The minimum absolute atomic E-state index is 0.0448. The van der Waals surface area contributed by atoms with E-state index in [2.05, 4.69) is 10.4 Å². The zero-order chi connectivity index (χ0) is 30.8. The highest BCUT2D eigenvalue weighted by atomic mass is 19.1. The van der Waals surface area contributed by atoms with E-state index in [9.17, 15) is 18.8 Å². The van der Waals surface area contributed by atoms with Crippen LogP contribution in [0, 0.1) is 12.7 Å². The van der Waals surface area contributed by atoms with Crippen LogP contribution in [0.2, 0.25) is 0 Å². The van der Waals surface area contributed by atoms with E-state index in [-0.39, 0.29) is 23.5 Å². The Kier molecular flexibility index (Phi) is 8.28. The van der Waals surface area contributed by atoms with Gasteiger partial charge in [-0.15, -0.1) is 0 Å². The van der Waals surface area contributed by atoms with Crippen molar-refractivity contribution in [3.8, 4) is 5.69 Å². The molecule has 1 spiro atoms. The first-order valence-electron chi connectivity index (χ1n) is 14.8. The molecule has 4 aromatic rings. The lowest BCUT2D eigenvalue weighted by molar-refractivity contribution is 0.00414. The monoisotopic (exact) mass is 602 g/mol. The summed E-state index contributed by atoms with van der Waals surface area (Å²) in [7, 11) is 1.58. The fourth-order valence-corrected chi connectivity index (χ4v) is 5.99. The fraction of sp³-hybridized carbons (Fsp3) is 0.406. The second-order valence-electron chi connectivity index (χ2n) is 11.4. The number of hydrogen-bond donors (Lipinski definition) is 1. The van der Waals surface area contributed by atoms with Crippen LogP contribution in [0.25, 0.3) is 5.69 Å². The highest BCUT2D eigenvalue weighted by Gasteiger charge is 2.41. The van der Waals surface area contributed by atoms with Crippen LogP contribution in [0.15, 0.2) is 58.1 Å². The molecule has 2 aromatic carbocycles. The Balaban J connectivity index is 1.38. The van der Waals surface area contributed by atoms with Gasteiger partial charge in [-0.3, -0.25) is 18.7 Å². The number of carbonyl (C=O) groups is 1. The highest BCUT2D eigenvalue weighted by Crippen LogP contribution is 2.35. The van der Waals surface area contributed by atoms with E-state index < -0.39 is 22.8 Å². The molecule has 0 saturated carbocycles. The predicted octanol–water partition coefficient (Wildman–Crippen LogP) is 2.37. The average Bonchev–Trinajstić information content (AvgIpc) is 3.18. The van der Waals surface area contributed by atoms with Crippen molar-refractivity contribution in [2.24, 2.45) is 7.05 Å². The van der Waals surface area contributed by atoms with Gasteiger partial charge in [0.25, 0.3) is 11.5 Å². The molecule has 4 heterocycles. The summed E-state index contributed by atoms with van der Waals surface area (Å²) in [6.07, 6.45) is 2.12. The number of nitrogens with zero attached hydrogens (tertiary/aromatic N) is 5. The van der Waals surface area contributed by atoms with Crippen LogP contribution in [0.3, 0.4) is 0 Å². The predicted molar refractivity (Wildman–Crippen MR) is 160 cm³/mol. The molecule has 2 aliphatic heterocycles. The van der Waals surface area contributed by atoms with Crippen molar-refractivity contribution in [2.75, 3.05) is 26.4 Å². The first-order chi connectivity index (χ1) is 21.3. The van der Waals surface area contributed by atoms with Crippen molar-refractivity contribution in [3.63, 3.8) is 0 Å². The smallest absolute Gasteiger partial charge is 0.350 e. The van der Waals surface area contributed by atoms with E-state index >= 15 is 0 Å². The third kappa shape index (κ3) is 5.62. The largest absolute Gasteiger partial charge is 0.381 e. The summed E-state index contributed by atoms with van der Waals surface area (Å²) < 4.78 is 30.1. The van der Waals surface area contributed by atoms with Crippen LogP contribution < -0.4 is 16.6 Å². The minimum Gasteiger partial charge on any atom is -0.381 e. The minimum atomic E-state index is -0.544. The Morgan fingerprint density at radius 2 is 1.82 bits per heavy atom. The quantitative estimate of drug-likeness (QED) is 0.345. The topological polar surface area (TPSA) is 122 Å². The Morgan fingerprint density at radius 3 is 2.55 bits per heavy atom. The van der Waals surface area contributed by atoms with Gasteiger partial charge in [0.05, 0.1) is 30.9 Å². The first kappa shape index (κ1) is 29.6. The molecule has 0 radical (unpaired) electrons. The number of ether oxygens (including phenoxy) is 2. The van der Waals surface area contributed by atoms with Gasteiger partial charge in [-0.05, 0) is 49.8 Å². The number of carbonyl (C=O) groups excluding carboxylic acids is 1. The van der Waals surface area contributed by atoms with E-state index in [0.29, 0.717) is 81.4 Å². The molecule has 11 nitrogen and oxygen atoms in total. The van der Waals surface area contributed by atoms with Crippen LogP contribution in [-0.4, -0.2) is 56.2 Å². The molecule has 12 heteroatoms. The van der Waals surface area contributed by atoms with E-state index in [0.717, 1.165) is 10.2 Å². The molecule has 0 aliphatic carbocycles. The van der Waals surface area contributed by atoms with E-state index in [1.54, 1.807) is 18.5 Å². The third-order valence-corrected chi connectivity index (χ3v) is 8.66. The van der Waals surface area contributed by atoms with E-state index in [1.165, 1.54) is 22.8 Å². The van der Waals surface area contributed by atoms with Gasteiger partial charge in [0.1, 0.15) is 23.2 Å². The maximum atomic E-state index is 14.3. The van der Waals surface area contributed by atoms with E-state index in [4.69, 9.17) is 14.5 Å². The van der Waals surface area contributed by atoms with E-state index in [1.807, 2.05) is 30.3 Å².